The van der Waals surface area contributed by atoms with E-state index in [2.05, 4.69) is 52.1 Å². The Labute approximate surface area is 258 Å². The first-order chi connectivity index (χ1) is 20.9. The molecular weight excluding hydrogens is 540 g/mol. The largest absolute Gasteiger partial charge is 0.489 e. The van der Waals surface area contributed by atoms with Crippen LogP contribution in [0, 0.1) is 0 Å². The van der Waals surface area contributed by atoms with Gasteiger partial charge in [-0.25, -0.2) is 9.59 Å². The normalized spacial score (nSPS) is 13.8. The molecule has 2 unspecified atom stereocenters. The van der Waals surface area contributed by atoms with Crippen LogP contribution in [-0.4, -0.2) is 37.4 Å². The van der Waals surface area contributed by atoms with E-state index < -0.39 is 11.9 Å². The SMILES string of the molecule is C=CC(=O)OC(CCCCCC)COc1c2c(c(OCC(CCCCCC)OC(=O)C=C)c3ccccc13)CC(C)=CC2. The van der Waals surface area contributed by atoms with Crippen molar-refractivity contribution in [3.8, 4) is 11.5 Å². The molecule has 0 spiro atoms. The predicted molar refractivity (Wildman–Crippen MR) is 174 cm³/mol. The lowest BCUT2D eigenvalue weighted by atomic mass is 9.87. The summed E-state index contributed by atoms with van der Waals surface area (Å²) in [5.74, 6) is 0.761. The van der Waals surface area contributed by atoms with Crippen molar-refractivity contribution in [3.63, 3.8) is 0 Å². The van der Waals surface area contributed by atoms with Crippen LogP contribution in [-0.2, 0) is 31.9 Å². The Morgan fingerprint density at radius 3 is 1.72 bits per heavy atom. The van der Waals surface area contributed by atoms with Crippen molar-refractivity contribution in [2.24, 2.45) is 0 Å². The van der Waals surface area contributed by atoms with Gasteiger partial charge in [0.05, 0.1) is 0 Å². The second-order valence-corrected chi connectivity index (χ2v) is 11.4. The molecule has 6 heteroatoms. The van der Waals surface area contributed by atoms with Crippen molar-refractivity contribution >= 4 is 22.7 Å². The highest BCUT2D eigenvalue weighted by Crippen LogP contribution is 2.44. The summed E-state index contributed by atoms with van der Waals surface area (Å²) < 4.78 is 24.5. The van der Waals surface area contributed by atoms with Crippen LogP contribution in [0.15, 0.2) is 61.2 Å². The number of rotatable bonds is 20. The Kier molecular flexibility index (Phi) is 14.4. The van der Waals surface area contributed by atoms with E-state index in [1.165, 1.54) is 17.7 Å². The zero-order chi connectivity index (χ0) is 31.0. The number of hydrogen-bond acceptors (Lipinski definition) is 6. The molecular formula is C37H50O6. The average molecular weight is 591 g/mol. The predicted octanol–water partition coefficient (Wildman–Crippen LogP) is 8.78. The van der Waals surface area contributed by atoms with Crippen LogP contribution >= 0.6 is 0 Å². The molecule has 43 heavy (non-hydrogen) atoms. The molecule has 0 saturated carbocycles. The highest BCUT2D eigenvalue weighted by molar-refractivity contribution is 5.96. The highest BCUT2D eigenvalue weighted by Gasteiger charge is 2.26. The quantitative estimate of drug-likeness (QED) is 0.0664. The van der Waals surface area contributed by atoms with Gasteiger partial charge in [-0.1, -0.05) is 101 Å². The second-order valence-electron chi connectivity index (χ2n) is 11.4. The van der Waals surface area contributed by atoms with Gasteiger partial charge in [0.2, 0.25) is 0 Å². The van der Waals surface area contributed by atoms with Crippen LogP contribution < -0.4 is 9.47 Å². The molecule has 0 bridgehead atoms. The first-order valence-corrected chi connectivity index (χ1v) is 16.0. The monoisotopic (exact) mass is 590 g/mol. The summed E-state index contributed by atoms with van der Waals surface area (Å²) in [5.41, 5.74) is 3.44. The molecule has 2 aromatic rings. The van der Waals surface area contributed by atoms with Crippen LogP contribution in [0.3, 0.4) is 0 Å². The number of benzene rings is 2. The van der Waals surface area contributed by atoms with Crippen molar-refractivity contribution in [2.45, 2.75) is 110 Å². The summed E-state index contributed by atoms with van der Waals surface area (Å²) >= 11 is 0. The van der Waals surface area contributed by atoms with E-state index in [1.54, 1.807) is 0 Å². The van der Waals surface area contributed by atoms with Crippen LogP contribution in [0.25, 0.3) is 10.8 Å². The van der Waals surface area contributed by atoms with Crippen LogP contribution in [0.2, 0.25) is 0 Å². The van der Waals surface area contributed by atoms with E-state index in [-0.39, 0.29) is 25.4 Å². The molecule has 234 valence electrons. The van der Waals surface area contributed by atoms with Gasteiger partial charge in [0.25, 0.3) is 0 Å². The van der Waals surface area contributed by atoms with Crippen molar-refractivity contribution in [2.75, 3.05) is 13.2 Å². The Hall–Kier alpha value is -3.54. The topological polar surface area (TPSA) is 71.1 Å². The summed E-state index contributed by atoms with van der Waals surface area (Å²) in [6.45, 7) is 14.1. The molecule has 0 radical (unpaired) electrons. The minimum atomic E-state index is -0.431. The van der Waals surface area contributed by atoms with Crippen molar-refractivity contribution in [1.29, 1.82) is 0 Å². The van der Waals surface area contributed by atoms with Gasteiger partial charge in [-0.05, 0) is 45.4 Å². The van der Waals surface area contributed by atoms with Crippen LogP contribution in [0.5, 0.6) is 11.5 Å². The Bertz CT molecular complexity index is 1260. The molecule has 2 aromatic carbocycles. The number of unbranched alkanes of at least 4 members (excludes halogenated alkanes) is 6. The summed E-state index contributed by atoms with van der Waals surface area (Å²) in [6, 6.07) is 8.10. The summed E-state index contributed by atoms with van der Waals surface area (Å²) in [7, 11) is 0. The van der Waals surface area contributed by atoms with E-state index in [1.807, 2.05) is 12.1 Å². The van der Waals surface area contributed by atoms with Crippen LogP contribution in [0.4, 0.5) is 0 Å². The number of hydrogen-bond donors (Lipinski definition) is 0. The fraction of sp³-hybridized carbons (Fsp3) is 0.514. The molecule has 0 saturated heterocycles. The third-order valence-electron chi connectivity index (χ3n) is 7.92. The number of fused-ring (bicyclic) bond motifs is 2. The average Bonchev–Trinajstić information content (AvgIpc) is 3.02. The minimum Gasteiger partial charge on any atom is -0.489 e. The highest BCUT2D eigenvalue weighted by atomic mass is 16.6. The fourth-order valence-electron chi connectivity index (χ4n) is 5.57. The first-order valence-electron chi connectivity index (χ1n) is 16.0. The number of esters is 2. The van der Waals surface area contributed by atoms with Crippen LogP contribution in [0.1, 0.15) is 96.1 Å². The van der Waals surface area contributed by atoms with Crippen molar-refractivity contribution < 1.29 is 28.5 Å². The van der Waals surface area contributed by atoms with Gasteiger partial charge in [-0.3, -0.25) is 0 Å². The van der Waals surface area contributed by atoms with E-state index in [9.17, 15) is 9.59 Å². The molecule has 0 heterocycles. The Balaban J connectivity index is 1.91. The van der Waals surface area contributed by atoms with E-state index >= 15 is 0 Å². The van der Waals surface area contributed by atoms with Gasteiger partial charge < -0.3 is 18.9 Å². The van der Waals surface area contributed by atoms with Crippen molar-refractivity contribution in [1.82, 2.24) is 0 Å². The smallest absolute Gasteiger partial charge is 0.330 e. The lowest BCUT2D eigenvalue weighted by molar-refractivity contribution is -0.145. The molecule has 1 aliphatic rings. The lowest BCUT2D eigenvalue weighted by Crippen LogP contribution is -2.26. The van der Waals surface area contributed by atoms with Gasteiger partial charge in [-0.2, -0.15) is 0 Å². The number of carbonyl (C=O) groups is 2. The van der Waals surface area contributed by atoms with E-state index in [0.29, 0.717) is 0 Å². The minimum absolute atomic E-state index is 0.266. The zero-order valence-electron chi connectivity index (χ0n) is 26.5. The zero-order valence-corrected chi connectivity index (χ0v) is 26.5. The van der Waals surface area contributed by atoms with Gasteiger partial charge >= 0.3 is 11.9 Å². The van der Waals surface area contributed by atoms with Gasteiger partial charge in [0.1, 0.15) is 36.9 Å². The van der Waals surface area contributed by atoms with E-state index in [4.69, 9.17) is 18.9 Å². The molecule has 2 atom stereocenters. The molecule has 0 N–H and O–H groups in total. The summed E-state index contributed by atoms with van der Waals surface area (Å²) in [6.07, 6.45) is 15.6. The first kappa shape index (κ1) is 34.0. The fourth-order valence-corrected chi connectivity index (χ4v) is 5.57. The molecule has 0 aromatic heterocycles. The molecule has 6 nitrogen and oxygen atoms in total. The number of allylic oxidation sites excluding steroid dienone is 2. The lowest BCUT2D eigenvalue weighted by Gasteiger charge is -2.27. The third kappa shape index (κ3) is 10.3. The van der Waals surface area contributed by atoms with Gasteiger partial charge in [0, 0.05) is 34.1 Å². The molecule has 0 fully saturated rings. The molecule has 3 rings (SSSR count). The third-order valence-corrected chi connectivity index (χ3v) is 7.92. The second kappa shape index (κ2) is 18.2. The maximum atomic E-state index is 12.1. The van der Waals surface area contributed by atoms with E-state index in [0.717, 1.165) is 110 Å². The number of ether oxygens (including phenoxy) is 4. The number of carbonyl (C=O) groups excluding carboxylic acids is 2. The standard InChI is InChI=1S/C37H50O6/c1-6-10-12-14-18-28(42-34(38)8-3)25-40-36-30-20-16-17-21-31(30)37(33-24-27(5)22-23-32(33)36)41-26-29(43-35(39)9-4)19-15-13-11-7-2/h8-9,16-17,20-22,28-29H,3-4,6-7,10-15,18-19,23-26H2,1-2,5H3. The summed E-state index contributed by atoms with van der Waals surface area (Å²) in [5, 5.41) is 1.90. The Morgan fingerprint density at radius 1 is 0.767 bits per heavy atom. The Morgan fingerprint density at radius 2 is 1.26 bits per heavy atom. The molecule has 0 aliphatic heterocycles. The van der Waals surface area contributed by atoms with Crippen molar-refractivity contribution in [3.05, 3.63) is 72.4 Å². The van der Waals surface area contributed by atoms with Gasteiger partial charge in [-0.15, -0.1) is 0 Å². The molecule has 1 aliphatic carbocycles. The maximum absolute atomic E-state index is 12.1. The summed E-state index contributed by atoms with van der Waals surface area (Å²) in [4.78, 5) is 24.2. The maximum Gasteiger partial charge on any atom is 0.330 e. The molecule has 0 amide bonds. The van der Waals surface area contributed by atoms with Gasteiger partial charge in [0.15, 0.2) is 0 Å².